The molecule has 1 unspecified atom stereocenters. The molecule has 4 aromatic rings. The lowest BCUT2D eigenvalue weighted by Gasteiger charge is -2.33. The molecule has 27 heavy (non-hydrogen) atoms. The van der Waals surface area contributed by atoms with Crippen LogP contribution in [0.15, 0.2) is 54.9 Å². The van der Waals surface area contributed by atoms with E-state index in [-0.39, 0.29) is 0 Å². The van der Waals surface area contributed by atoms with E-state index in [1.807, 2.05) is 11.4 Å². The summed E-state index contributed by atoms with van der Waals surface area (Å²) in [5.74, 6) is 1.16. The Morgan fingerprint density at radius 2 is 2.00 bits per heavy atom. The number of hydrogen-bond donors (Lipinski definition) is 0. The minimum absolute atomic E-state index is 0.458. The molecular formula is C22H23N5. The molecule has 5 heteroatoms. The first kappa shape index (κ1) is 16.4. The van der Waals surface area contributed by atoms with Crippen LogP contribution in [0.25, 0.3) is 16.6 Å². The Morgan fingerprint density at radius 3 is 2.96 bits per heavy atom. The van der Waals surface area contributed by atoms with Crippen molar-refractivity contribution in [1.82, 2.24) is 24.5 Å². The second kappa shape index (κ2) is 6.74. The van der Waals surface area contributed by atoms with E-state index in [1.54, 1.807) is 6.33 Å². The van der Waals surface area contributed by atoms with Gasteiger partial charge < -0.3 is 0 Å². The second-order valence-corrected chi connectivity index (χ2v) is 7.51. The average molecular weight is 357 g/mol. The van der Waals surface area contributed by atoms with Crippen LogP contribution in [-0.2, 0) is 6.54 Å². The van der Waals surface area contributed by atoms with E-state index in [2.05, 4.69) is 68.5 Å². The van der Waals surface area contributed by atoms with E-state index in [1.165, 1.54) is 34.9 Å². The molecule has 5 nitrogen and oxygen atoms in total. The number of benzene rings is 2. The lowest BCUT2D eigenvalue weighted by atomic mass is 9.93. The fourth-order valence-corrected chi connectivity index (χ4v) is 4.36. The Labute approximate surface area is 158 Å². The Kier molecular flexibility index (Phi) is 4.09. The number of aromatic nitrogens is 4. The summed E-state index contributed by atoms with van der Waals surface area (Å²) < 4.78 is 1.92. The highest BCUT2D eigenvalue weighted by molar-refractivity contribution is 5.85. The molecule has 0 spiro atoms. The lowest BCUT2D eigenvalue weighted by Crippen LogP contribution is -2.34. The highest BCUT2D eigenvalue weighted by Gasteiger charge is 2.24. The number of fused-ring (bicyclic) bond motifs is 2. The third-order valence-corrected chi connectivity index (χ3v) is 5.61. The molecule has 5 rings (SSSR count). The van der Waals surface area contributed by atoms with Crippen LogP contribution >= 0.6 is 0 Å². The third kappa shape index (κ3) is 3.08. The molecule has 2 aromatic carbocycles. The van der Waals surface area contributed by atoms with Gasteiger partial charge in [0.2, 0.25) is 0 Å². The van der Waals surface area contributed by atoms with Gasteiger partial charge in [-0.25, -0.2) is 9.50 Å². The van der Waals surface area contributed by atoms with E-state index in [9.17, 15) is 0 Å². The maximum atomic E-state index is 4.49. The fraction of sp³-hybridized carbons (Fsp3) is 0.318. The summed E-state index contributed by atoms with van der Waals surface area (Å²) in [5, 5.41) is 7.09. The van der Waals surface area contributed by atoms with Gasteiger partial charge in [0.15, 0.2) is 0 Å². The van der Waals surface area contributed by atoms with Crippen LogP contribution in [0.1, 0.15) is 35.7 Å². The van der Waals surface area contributed by atoms with Crippen LogP contribution in [0, 0.1) is 6.92 Å². The van der Waals surface area contributed by atoms with Crippen LogP contribution in [0.3, 0.4) is 0 Å². The van der Waals surface area contributed by atoms with Gasteiger partial charge in [-0.05, 0) is 48.7 Å². The molecule has 0 N–H and O–H groups in total. The number of rotatable bonds is 3. The molecule has 0 bridgehead atoms. The highest BCUT2D eigenvalue weighted by atomic mass is 15.3. The summed E-state index contributed by atoms with van der Waals surface area (Å²) in [6.45, 7) is 5.21. The average Bonchev–Trinajstić information content (AvgIpc) is 3.16. The number of hydrogen-bond acceptors (Lipinski definition) is 4. The maximum absolute atomic E-state index is 4.49. The SMILES string of the molecule is Cc1cc(C2CCCN(Cc3cccc4ccccc34)C2)n2ncnc2n1. The molecule has 1 aliphatic rings. The Balaban J connectivity index is 1.43. The smallest absolute Gasteiger partial charge is 0.252 e. The molecular weight excluding hydrogens is 334 g/mol. The van der Waals surface area contributed by atoms with E-state index < -0.39 is 0 Å². The molecule has 0 radical (unpaired) electrons. The van der Waals surface area contributed by atoms with Crippen molar-refractivity contribution in [3.63, 3.8) is 0 Å². The summed E-state index contributed by atoms with van der Waals surface area (Å²) in [6, 6.07) is 17.5. The topological polar surface area (TPSA) is 46.3 Å². The van der Waals surface area contributed by atoms with Crippen molar-refractivity contribution in [1.29, 1.82) is 0 Å². The number of likely N-dealkylation sites (tertiary alicyclic amines) is 1. The van der Waals surface area contributed by atoms with Crippen LogP contribution < -0.4 is 0 Å². The minimum Gasteiger partial charge on any atom is -0.298 e. The molecule has 1 aliphatic heterocycles. The van der Waals surface area contributed by atoms with Crippen molar-refractivity contribution in [2.75, 3.05) is 13.1 Å². The number of aryl methyl sites for hydroxylation is 1. The van der Waals surface area contributed by atoms with Crippen LogP contribution in [0.4, 0.5) is 0 Å². The molecule has 0 saturated carbocycles. The molecule has 1 atom stereocenters. The van der Waals surface area contributed by atoms with Crippen molar-refractivity contribution >= 4 is 16.6 Å². The van der Waals surface area contributed by atoms with E-state index in [0.29, 0.717) is 11.7 Å². The monoisotopic (exact) mass is 357 g/mol. The molecule has 0 amide bonds. The zero-order chi connectivity index (χ0) is 18.2. The summed E-state index contributed by atoms with van der Waals surface area (Å²) in [7, 11) is 0. The summed E-state index contributed by atoms with van der Waals surface area (Å²) in [4.78, 5) is 11.3. The predicted octanol–water partition coefficient (Wildman–Crippen LogP) is 3.97. The fourth-order valence-electron chi connectivity index (χ4n) is 4.36. The van der Waals surface area contributed by atoms with E-state index >= 15 is 0 Å². The summed E-state index contributed by atoms with van der Waals surface area (Å²) >= 11 is 0. The Morgan fingerprint density at radius 1 is 1.11 bits per heavy atom. The normalized spacial score (nSPS) is 18.3. The van der Waals surface area contributed by atoms with Crippen molar-refractivity contribution in [2.45, 2.75) is 32.2 Å². The first-order valence-corrected chi connectivity index (χ1v) is 9.64. The van der Waals surface area contributed by atoms with Crippen molar-refractivity contribution in [2.24, 2.45) is 0 Å². The first-order chi connectivity index (χ1) is 13.3. The first-order valence-electron chi connectivity index (χ1n) is 9.64. The predicted molar refractivity (Wildman–Crippen MR) is 107 cm³/mol. The molecule has 2 aromatic heterocycles. The van der Waals surface area contributed by atoms with Gasteiger partial charge >= 0.3 is 0 Å². The van der Waals surface area contributed by atoms with E-state index in [4.69, 9.17) is 0 Å². The van der Waals surface area contributed by atoms with Crippen molar-refractivity contribution in [3.05, 3.63) is 71.8 Å². The standard InChI is InChI=1S/C22H23N5/c1-16-12-21(27-22(25-16)23-15-24-27)19-9-5-11-26(14-19)13-18-8-4-7-17-6-2-3-10-20(17)18/h2-4,6-8,10,12,15,19H,5,9,11,13-14H2,1H3. The summed E-state index contributed by atoms with van der Waals surface area (Å²) in [5.41, 5.74) is 3.65. The zero-order valence-electron chi connectivity index (χ0n) is 15.5. The molecule has 136 valence electrons. The van der Waals surface area contributed by atoms with E-state index in [0.717, 1.165) is 25.3 Å². The summed E-state index contributed by atoms with van der Waals surface area (Å²) in [6.07, 6.45) is 3.99. The van der Waals surface area contributed by atoms with Gasteiger partial charge in [-0.2, -0.15) is 10.1 Å². The van der Waals surface area contributed by atoms with Gasteiger partial charge in [-0.3, -0.25) is 4.90 Å². The minimum atomic E-state index is 0.458. The second-order valence-electron chi connectivity index (χ2n) is 7.51. The zero-order valence-corrected chi connectivity index (χ0v) is 15.5. The van der Waals surface area contributed by atoms with Crippen molar-refractivity contribution < 1.29 is 0 Å². The number of piperidine rings is 1. The van der Waals surface area contributed by atoms with Crippen molar-refractivity contribution in [3.8, 4) is 0 Å². The highest BCUT2D eigenvalue weighted by Crippen LogP contribution is 2.29. The molecule has 1 saturated heterocycles. The molecule has 1 fully saturated rings. The third-order valence-electron chi connectivity index (χ3n) is 5.61. The van der Waals surface area contributed by atoms with Crippen LogP contribution in [0.5, 0.6) is 0 Å². The lowest BCUT2D eigenvalue weighted by molar-refractivity contribution is 0.198. The molecule has 3 heterocycles. The van der Waals surface area contributed by atoms with Gasteiger partial charge in [0.25, 0.3) is 5.78 Å². The van der Waals surface area contributed by atoms with Gasteiger partial charge in [-0.1, -0.05) is 42.5 Å². The largest absolute Gasteiger partial charge is 0.298 e. The molecule has 0 aliphatic carbocycles. The Hall–Kier alpha value is -2.79. The quantitative estimate of drug-likeness (QED) is 0.557. The van der Waals surface area contributed by atoms with Crippen LogP contribution in [0.2, 0.25) is 0 Å². The van der Waals surface area contributed by atoms with Gasteiger partial charge in [-0.15, -0.1) is 0 Å². The Bertz CT molecular complexity index is 1090. The van der Waals surface area contributed by atoms with Crippen LogP contribution in [-0.4, -0.2) is 37.6 Å². The maximum Gasteiger partial charge on any atom is 0.252 e. The number of nitrogens with zero attached hydrogens (tertiary/aromatic N) is 5. The van der Waals surface area contributed by atoms with Gasteiger partial charge in [0.1, 0.15) is 6.33 Å². The van der Waals surface area contributed by atoms with Gasteiger partial charge in [0, 0.05) is 24.7 Å². The van der Waals surface area contributed by atoms with Gasteiger partial charge in [0.05, 0.1) is 5.69 Å².